The van der Waals surface area contributed by atoms with E-state index in [2.05, 4.69) is 29.6 Å². The molecule has 7 heteroatoms. The van der Waals surface area contributed by atoms with E-state index in [0.29, 0.717) is 12.2 Å². The van der Waals surface area contributed by atoms with Crippen LogP contribution in [0.4, 0.5) is 0 Å². The number of aliphatic carboxylic acids is 1. The van der Waals surface area contributed by atoms with Crippen LogP contribution >= 0.6 is 0 Å². The zero-order chi connectivity index (χ0) is 26.9. The van der Waals surface area contributed by atoms with Crippen molar-refractivity contribution in [1.82, 2.24) is 5.32 Å². The van der Waals surface area contributed by atoms with E-state index in [0.717, 1.165) is 33.6 Å². The maximum atomic E-state index is 12.5. The molecule has 0 aliphatic rings. The van der Waals surface area contributed by atoms with E-state index < -0.39 is 23.8 Å². The molecule has 7 nitrogen and oxygen atoms in total. The van der Waals surface area contributed by atoms with Gasteiger partial charge in [-0.1, -0.05) is 78.9 Å². The van der Waals surface area contributed by atoms with Gasteiger partial charge in [0.25, 0.3) is 5.91 Å². The molecule has 4 rings (SSSR count). The summed E-state index contributed by atoms with van der Waals surface area (Å²) in [5.41, 5.74) is 10.9. The van der Waals surface area contributed by atoms with Gasteiger partial charge >= 0.3 is 5.97 Å². The van der Waals surface area contributed by atoms with Crippen molar-refractivity contribution in [2.75, 3.05) is 0 Å². The number of hydrogen-bond donors (Lipinski definition) is 3. The van der Waals surface area contributed by atoms with Crippen molar-refractivity contribution in [3.05, 3.63) is 114 Å². The topological polar surface area (TPSA) is 119 Å². The Bertz CT molecular complexity index is 1400. The van der Waals surface area contributed by atoms with Gasteiger partial charge in [0.2, 0.25) is 5.91 Å². The lowest BCUT2D eigenvalue weighted by Crippen LogP contribution is -2.44. The Morgan fingerprint density at radius 3 is 2.00 bits per heavy atom. The average Bonchev–Trinajstić information content (AvgIpc) is 2.95. The van der Waals surface area contributed by atoms with Crippen LogP contribution in [-0.2, 0) is 16.2 Å². The molecule has 0 radical (unpaired) electrons. The fourth-order valence-electron chi connectivity index (χ4n) is 4.06. The fraction of sp³-hybridized carbons (Fsp3) is 0.129. The number of amides is 2. The number of carbonyl (C=O) groups is 3. The van der Waals surface area contributed by atoms with Crippen molar-refractivity contribution < 1.29 is 24.2 Å². The lowest BCUT2D eigenvalue weighted by atomic mass is 10.0. The smallest absolute Gasteiger partial charge is 0.303 e. The van der Waals surface area contributed by atoms with Gasteiger partial charge in [0.15, 0.2) is 0 Å². The molecule has 2 amide bonds. The molecule has 0 bridgehead atoms. The first-order valence-electron chi connectivity index (χ1n) is 12.2. The number of nitrogens with one attached hydrogen (secondary N) is 1. The molecule has 0 fully saturated rings. The molecule has 4 N–H and O–H groups in total. The highest BCUT2D eigenvalue weighted by Gasteiger charge is 2.20. The number of carboxylic acids is 1. The van der Waals surface area contributed by atoms with Crippen LogP contribution in [0.2, 0.25) is 0 Å². The number of nitrogens with two attached hydrogens (primary N) is 1. The molecule has 0 saturated heterocycles. The summed E-state index contributed by atoms with van der Waals surface area (Å²) in [6, 6.07) is 31.9. The van der Waals surface area contributed by atoms with Crippen molar-refractivity contribution >= 4 is 17.8 Å². The summed E-state index contributed by atoms with van der Waals surface area (Å²) in [4.78, 5) is 34.8. The number of hydrogen-bond acceptors (Lipinski definition) is 4. The third kappa shape index (κ3) is 6.85. The molecule has 192 valence electrons. The Morgan fingerprint density at radius 2 is 1.37 bits per heavy atom. The summed E-state index contributed by atoms with van der Waals surface area (Å²) in [5, 5.41) is 11.3. The van der Waals surface area contributed by atoms with Crippen LogP contribution < -0.4 is 15.8 Å². The quantitative estimate of drug-likeness (QED) is 0.262. The first kappa shape index (κ1) is 26.2. The van der Waals surface area contributed by atoms with Crippen LogP contribution in [0, 0.1) is 0 Å². The normalized spacial score (nSPS) is 11.4. The zero-order valence-electron chi connectivity index (χ0n) is 20.7. The lowest BCUT2D eigenvalue weighted by Gasteiger charge is -2.14. The molecule has 0 aromatic heterocycles. The summed E-state index contributed by atoms with van der Waals surface area (Å²) < 4.78 is 6.06. The highest BCUT2D eigenvalue weighted by Crippen LogP contribution is 2.26. The van der Waals surface area contributed by atoms with Crippen LogP contribution in [0.3, 0.4) is 0 Å². The molecule has 0 unspecified atom stereocenters. The first-order chi connectivity index (χ1) is 18.4. The Hall–Kier alpha value is -4.91. The second-order valence-electron chi connectivity index (χ2n) is 8.77. The molecule has 38 heavy (non-hydrogen) atoms. The van der Waals surface area contributed by atoms with Crippen molar-refractivity contribution in [1.29, 1.82) is 0 Å². The largest absolute Gasteiger partial charge is 0.489 e. The molecule has 0 aliphatic heterocycles. The van der Waals surface area contributed by atoms with Crippen molar-refractivity contribution in [3.63, 3.8) is 0 Å². The summed E-state index contributed by atoms with van der Waals surface area (Å²) in [7, 11) is 0. The van der Waals surface area contributed by atoms with Gasteiger partial charge in [0.05, 0.1) is 0 Å². The number of ether oxygens (including phenoxy) is 1. The van der Waals surface area contributed by atoms with E-state index in [1.165, 1.54) is 0 Å². The highest BCUT2D eigenvalue weighted by atomic mass is 16.5. The summed E-state index contributed by atoms with van der Waals surface area (Å²) >= 11 is 0. The van der Waals surface area contributed by atoms with Crippen LogP contribution in [0.1, 0.15) is 28.8 Å². The molecule has 1 atom stereocenters. The molecule has 0 saturated carbocycles. The van der Waals surface area contributed by atoms with Crippen LogP contribution in [0.15, 0.2) is 103 Å². The summed E-state index contributed by atoms with van der Waals surface area (Å²) in [6.45, 7) is 0.437. The van der Waals surface area contributed by atoms with Crippen LogP contribution in [0.25, 0.3) is 22.3 Å². The van der Waals surface area contributed by atoms with E-state index in [-0.39, 0.29) is 12.8 Å². The molecular weight excluding hydrogens is 480 g/mol. The second-order valence-corrected chi connectivity index (χ2v) is 8.77. The maximum Gasteiger partial charge on any atom is 0.303 e. The Balaban J connectivity index is 1.38. The molecule has 0 aliphatic carbocycles. The van der Waals surface area contributed by atoms with Crippen LogP contribution in [0.5, 0.6) is 5.75 Å². The predicted molar refractivity (Wildman–Crippen MR) is 145 cm³/mol. The van der Waals surface area contributed by atoms with E-state index in [4.69, 9.17) is 15.6 Å². The first-order valence-corrected chi connectivity index (χ1v) is 12.2. The Labute approximate surface area is 220 Å². The maximum absolute atomic E-state index is 12.5. The Morgan fingerprint density at radius 1 is 0.763 bits per heavy atom. The van der Waals surface area contributed by atoms with E-state index in [9.17, 15) is 14.4 Å². The summed E-state index contributed by atoms with van der Waals surface area (Å²) in [5.74, 6) is -1.60. The van der Waals surface area contributed by atoms with E-state index in [1.807, 2.05) is 54.6 Å². The Kier molecular flexibility index (Phi) is 8.51. The van der Waals surface area contributed by atoms with Crippen LogP contribution in [-0.4, -0.2) is 28.9 Å². The number of carbonyl (C=O) groups excluding carboxylic acids is 2. The van der Waals surface area contributed by atoms with Gasteiger partial charge in [0, 0.05) is 12.0 Å². The number of benzene rings is 4. The number of rotatable bonds is 11. The van der Waals surface area contributed by atoms with Crippen molar-refractivity contribution in [2.24, 2.45) is 5.73 Å². The highest BCUT2D eigenvalue weighted by molar-refractivity contribution is 5.97. The molecule has 4 aromatic rings. The molecular formula is C31H28N2O5. The summed E-state index contributed by atoms with van der Waals surface area (Å²) in [6.07, 6.45) is -0.340. The zero-order valence-corrected chi connectivity index (χ0v) is 20.7. The predicted octanol–water partition coefficient (Wildman–Crippen LogP) is 5.05. The number of primary amides is 1. The van der Waals surface area contributed by atoms with Gasteiger partial charge in [-0.2, -0.15) is 0 Å². The third-order valence-corrected chi connectivity index (χ3v) is 6.13. The monoisotopic (exact) mass is 508 g/mol. The standard InChI is InChI=1S/C31H28N2O5/c32-30(36)28(18-19-29(34)35)33-31(37)24-12-10-21(11-13-24)22-14-16-26(17-15-22)38-20-25-8-4-5-9-27(25)23-6-2-1-3-7-23/h1-17,28H,18-20H2,(H2,32,36)(H,33,37)(H,34,35)/t28-/m0/s1. The van der Waals surface area contributed by atoms with Gasteiger partial charge in [-0.15, -0.1) is 0 Å². The van der Waals surface area contributed by atoms with E-state index >= 15 is 0 Å². The van der Waals surface area contributed by atoms with Gasteiger partial charge in [-0.05, 0) is 58.5 Å². The number of carboxylic acid groups (broad SMARTS) is 1. The average molecular weight is 509 g/mol. The van der Waals surface area contributed by atoms with Gasteiger partial charge in [-0.25, -0.2) is 0 Å². The van der Waals surface area contributed by atoms with E-state index in [1.54, 1.807) is 24.3 Å². The fourth-order valence-corrected chi connectivity index (χ4v) is 4.06. The molecule has 0 heterocycles. The third-order valence-electron chi connectivity index (χ3n) is 6.13. The second kappa shape index (κ2) is 12.4. The lowest BCUT2D eigenvalue weighted by molar-refractivity contribution is -0.137. The van der Waals surface area contributed by atoms with Crippen molar-refractivity contribution in [3.8, 4) is 28.0 Å². The van der Waals surface area contributed by atoms with Crippen molar-refractivity contribution in [2.45, 2.75) is 25.5 Å². The minimum atomic E-state index is -1.07. The minimum absolute atomic E-state index is 0.0687. The molecule has 0 spiro atoms. The SMILES string of the molecule is NC(=O)[C@H](CCC(=O)O)NC(=O)c1ccc(-c2ccc(OCc3ccccc3-c3ccccc3)cc2)cc1. The van der Waals surface area contributed by atoms with Gasteiger partial charge in [0.1, 0.15) is 18.4 Å². The molecule has 4 aromatic carbocycles. The van der Waals surface area contributed by atoms with Gasteiger partial charge < -0.3 is 20.9 Å². The van der Waals surface area contributed by atoms with Gasteiger partial charge in [-0.3, -0.25) is 14.4 Å². The minimum Gasteiger partial charge on any atom is -0.489 e.